The average molecular weight is 237 g/mol. The number of aromatic amines is 1. The molecule has 1 heterocycles. The van der Waals surface area contributed by atoms with Crippen LogP contribution in [0.4, 0.5) is 0 Å². The molecule has 0 amide bonds. The Morgan fingerprint density at radius 3 is 2.41 bits per heavy atom. The van der Waals surface area contributed by atoms with Crippen LogP contribution < -0.4 is 14.9 Å². The highest BCUT2D eigenvalue weighted by Crippen LogP contribution is 2.21. The summed E-state index contributed by atoms with van der Waals surface area (Å²) >= 11 is 0. The van der Waals surface area contributed by atoms with E-state index in [4.69, 9.17) is 9.47 Å². The van der Waals surface area contributed by atoms with Gasteiger partial charge in [-0.3, -0.25) is 4.79 Å². The van der Waals surface area contributed by atoms with Gasteiger partial charge in [-0.25, -0.2) is 0 Å². The van der Waals surface area contributed by atoms with Crippen LogP contribution in [0.1, 0.15) is 25.1 Å². The van der Waals surface area contributed by atoms with E-state index in [9.17, 15) is 4.79 Å². The molecule has 0 radical (unpaired) electrons. The third kappa shape index (κ3) is 2.90. The van der Waals surface area contributed by atoms with Crippen molar-refractivity contribution in [3.8, 4) is 11.6 Å². The molecule has 0 unspecified atom stereocenters. The smallest absolute Gasteiger partial charge is 0.238 e. The highest BCUT2D eigenvalue weighted by Gasteiger charge is 2.14. The molecule has 0 fully saturated rings. The molecule has 0 saturated heterocycles. The number of hydrogen-bond donors (Lipinski definition) is 1. The van der Waals surface area contributed by atoms with Gasteiger partial charge in [0.1, 0.15) is 0 Å². The Hall–Kier alpha value is -1.71. The van der Waals surface area contributed by atoms with Gasteiger partial charge < -0.3 is 14.5 Å². The Kier molecular flexibility index (Phi) is 4.37. The number of allylic oxidation sites excluding steroid dienone is 2. The van der Waals surface area contributed by atoms with Crippen LogP contribution in [-0.2, 0) is 6.42 Å². The van der Waals surface area contributed by atoms with E-state index in [0.29, 0.717) is 17.9 Å². The zero-order valence-corrected chi connectivity index (χ0v) is 11.0. The van der Waals surface area contributed by atoms with Gasteiger partial charge in [0, 0.05) is 17.7 Å². The SMILES string of the molecule is COc1[nH]c(CC=C(C)C)c(C)c(=O)c1OC. The quantitative estimate of drug-likeness (QED) is 0.817. The van der Waals surface area contributed by atoms with Crippen LogP contribution in [0, 0.1) is 6.92 Å². The molecule has 0 spiro atoms. The van der Waals surface area contributed by atoms with E-state index in [1.807, 2.05) is 13.8 Å². The van der Waals surface area contributed by atoms with Crippen molar-refractivity contribution in [3.63, 3.8) is 0 Å². The van der Waals surface area contributed by atoms with Crippen molar-refractivity contribution in [3.05, 3.63) is 33.1 Å². The molecule has 17 heavy (non-hydrogen) atoms. The lowest BCUT2D eigenvalue weighted by Gasteiger charge is -2.11. The molecule has 0 aliphatic carbocycles. The average Bonchev–Trinajstić information content (AvgIpc) is 2.30. The maximum Gasteiger partial charge on any atom is 0.238 e. The Bertz CT molecular complexity index is 482. The standard InChI is InChI=1S/C13H19NO3/c1-8(2)6-7-10-9(3)11(15)12(16-4)13(14-10)17-5/h6H,7H2,1-5H3,(H,14,15). The summed E-state index contributed by atoms with van der Waals surface area (Å²) in [4.78, 5) is 15.1. The van der Waals surface area contributed by atoms with Gasteiger partial charge >= 0.3 is 0 Å². The summed E-state index contributed by atoms with van der Waals surface area (Å²) in [5, 5.41) is 0. The first-order valence-electron chi connectivity index (χ1n) is 5.48. The first-order valence-corrected chi connectivity index (χ1v) is 5.48. The Morgan fingerprint density at radius 1 is 1.29 bits per heavy atom. The zero-order chi connectivity index (χ0) is 13.0. The lowest BCUT2D eigenvalue weighted by molar-refractivity contribution is 0.339. The van der Waals surface area contributed by atoms with Crippen molar-refractivity contribution in [2.24, 2.45) is 0 Å². The fraction of sp³-hybridized carbons (Fsp3) is 0.462. The Morgan fingerprint density at radius 2 is 1.94 bits per heavy atom. The van der Waals surface area contributed by atoms with Crippen LogP contribution in [0.5, 0.6) is 11.6 Å². The first-order chi connectivity index (χ1) is 8.01. The Balaban J connectivity index is 3.29. The summed E-state index contributed by atoms with van der Waals surface area (Å²) in [5.41, 5.74) is 2.61. The van der Waals surface area contributed by atoms with Crippen molar-refractivity contribution in [1.82, 2.24) is 4.98 Å². The van der Waals surface area contributed by atoms with E-state index in [0.717, 1.165) is 5.69 Å². The second kappa shape index (κ2) is 5.57. The van der Waals surface area contributed by atoms with Crippen molar-refractivity contribution in [2.45, 2.75) is 27.2 Å². The third-order valence-electron chi connectivity index (χ3n) is 2.59. The van der Waals surface area contributed by atoms with E-state index in [-0.39, 0.29) is 11.2 Å². The summed E-state index contributed by atoms with van der Waals surface area (Å²) < 4.78 is 10.2. The lowest BCUT2D eigenvalue weighted by atomic mass is 10.1. The second-order valence-corrected chi connectivity index (χ2v) is 4.11. The maximum absolute atomic E-state index is 12.0. The number of nitrogens with one attached hydrogen (secondary N) is 1. The van der Waals surface area contributed by atoms with E-state index >= 15 is 0 Å². The monoisotopic (exact) mass is 237 g/mol. The first kappa shape index (κ1) is 13.4. The summed E-state index contributed by atoms with van der Waals surface area (Å²) in [6.07, 6.45) is 2.74. The van der Waals surface area contributed by atoms with Gasteiger partial charge in [0.15, 0.2) is 0 Å². The van der Waals surface area contributed by atoms with Crippen molar-refractivity contribution >= 4 is 0 Å². The normalized spacial score (nSPS) is 9.94. The lowest BCUT2D eigenvalue weighted by Crippen LogP contribution is -2.15. The predicted molar refractivity (Wildman–Crippen MR) is 68.0 cm³/mol. The second-order valence-electron chi connectivity index (χ2n) is 4.11. The molecule has 4 heteroatoms. The fourth-order valence-corrected chi connectivity index (χ4v) is 1.54. The summed E-state index contributed by atoms with van der Waals surface area (Å²) in [5.74, 6) is 0.603. The maximum atomic E-state index is 12.0. The van der Waals surface area contributed by atoms with Crippen LogP contribution in [0.3, 0.4) is 0 Å². The molecule has 4 nitrogen and oxygen atoms in total. The minimum absolute atomic E-state index is 0.125. The molecule has 1 rings (SSSR count). The molecule has 0 atom stereocenters. The van der Waals surface area contributed by atoms with Gasteiger partial charge in [-0.05, 0) is 20.8 Å². The van der Waals surface area contributed by atoms with Crippen LogP contribution in [-0.4, -0.2) is 19.2 Å². The molecule has 0 aromatic carbocycles. The molecule has 0 aliphatic heterocycles. The van der Waals surface area contributed by atoms with E-state index in [2.05, 4.69) is 11.1 Å². The number of methoxy groups -OCH3 is 2. The van der Waals surface area contributed by atoms with Crippen LogP contribution in [0.25, 0.3) is 0 Å². The number of H-pyrrole nitrogens is 1. The number of hydrogen-bond acceptors (Lipinski definition) is 3. The van der Waals surface area contributed by atoms with Crippen molar-refractivity contribution in [1.29, 1.82) is 0 Å². The topological polar surface area (TPSA) is 51.3 Å². The van der Waals surface area contributed by atoms with Gasteiger partial charge in [0.05, 0.1) is 14.2 Å². The summed E-state index contributed by atoms with van der Waals surface area (Å²) in [7, 11) is 2.97. The molecule has 0 bridgehead atoms. The van der Waals surface area contributed by atoms with E-state index < -0.39 is 0 Å². The van der Waals surface area contributed by atoms with E-state index in [1.165, 1.54) is 19.8 Å². The van der Waals surface area contributed by atoms with Gasteiger partial charge in [-0.15, -0.1) is 0 Å². The van der Waals surface area contributed by atoms with Crippen molar-refractivity contribution in [2.75, 3.05) is 14.2 Å². The highest BCUT2D eigenvalue weighted by atomic mass is 16.5. The molecule has 1 aromatic rings. The number of pyridine rings is 1. The molecular formula is C13H19NO3. The molecule has 0 aliphatic rings. The molecule has 94 valence electrons. The van der Waals surface area contributed by atoms with Gasteiger partial charge in [-0.2, -0.15) is 0 Å². The third-order valence-corrected chi connectivity index (χ3v) is 2.59. The highest BCUT2D eigenvalue weighted by molar-refractivity contribution is 5.40. The number of rotatable bonds is 4. The summed E-state index contributed by atoms with van der Waals surface area (Å²) in [6, 6.07) is 0. The zero-order valence-electron chi connectivity index (χ0n) is 11.0. The molecule has 1 N–H and O–H groups in total. The van der Waals surface area contributed by atoms with E-state index in [1.54, 1.807) is 6.92 Å². The number of ether oxygens (including phenoxy) is 2. The van der Waals surface area contributed by atoms with Crippen LogP contribution in [0.15, 0.2) is 16.4 Å². The molecular weight excluding hydrogens is 218 g/mol. The van der Waals surface area contributed by atoms with Crippen molar-refractivity contribution < 1.29 is 9.47 Å². The van der Waals surface area contributed by atoms with Gasteiger partial charge in [0.2, 0.25) is 17.1 Å². The number of aromatic nitrogens is 1. The van der Waals surface area contributed by atoms with Gasteiger partial charge in [0.25, 0.3) is 0 Å². The molecule has 0 saturated carbocycles. The minimum Gasteiger partial charge on any atom is -0.488 e. The summed E-state index contributed by atoms with van der Waals surface area (Å²) in [6.45, 7) is 5.83. The minimum atomic E-state index is -0.125. The van der Waals surface area contributed by atoms with Gasteiger partial charge in [-0.1, -0.05) is 11.6 Å². The largest absolute Gasteiger partial charge is 0.488 e. The fourth-order valence-electron chi connectivity index (χ4n) is 1.54. The van der Waals surface area contributed by atoms with Crippen LogP contribution >= 0.6 is 0 Å². The molecule has 1 aromatic heterocycles. The Labute approximate surface area is 101 Å². The predicted octanol–water partition coefficient (Wildman–Crippen LogP) is 2.21. The van der Waals surface area contributed by atoms with Crippen LogP contribution in [0.2, 0.25) is 0 Å².